The fraction of sp³-hybridized carbons (Fsp3) is 0.350. The molecule has 0 aromatic heterocycles. The number of anilines is 1. The minimum atomic E-state index is -4.33. The number of sulfonamides is 1. The van der Waals surface area contributed by atoms with E-state index in [9.17, 15) is 23.3 Å². The predicted molar refractivity (Wildman–Crippen MR) is 109 cm³/mol. The summed E-state index contributed by atoms with van der Waals surface area (Å²) in [5.41, 5.74) is -0.232. The van der Waals surface area contributed by atoms with E-state index in [4.69, 9.17) is 0 Å². The summed E-state index contributed by atoms with van der Waals surface area (Å²) in [6.07, 6.45) is 3.85. The first-order chi connectivity index (χ1) is 13.9. The van der Waals surface area contributed by atoms with Gasteiger partial charge in [-0.25, -0.2) is 8.42 Å². The Hall–Kier alpha value is -2.94. The van der Waals surface area contributed by atoms with E-state index in [1.807, 2.05) is 0 Å². The molecule has 1 heterocycles. The fourth-order valence-electron chi connectivity index (χ4n) is 3.40. The van der Waals surface area contributed by atoms with Crippen molar-refractivity contribution < 1.29 is 18.1 Å². The molecule has 0 bridgehead atoms. The standard InChI is InChI=1S/C20H23N3O5S/c24-20(21-14-8-1-2-9-15-21)16-22(17-10-4-3-5-11-17)29(27,28)19-13-7-6-12-18(19)23(25)26/h3-7,10-13H,1-2,8-9,14-16H2. The van der Waals surface area contributed by atoms with Gasteiger partial charge in [-0.1, -0.05) is 43.2 Å². The molecule has 2 aromatic rings. The molecule has 1 amide bonds. The van der Waals surface area contributed by atoms with Gasteiger partial charge in [0.2, 0.25) is 5.91 Å². The molecule has 0 unspecified atom stereocenters. The highest BCUT2D eigenvalue weighted by Crippen LogP contribution is 2.29. The quantitative estimate of drug-likeness (QED) is 0.531. The summed E-state index contributed by atoms with van der Waals surface area (Å²) in [5.74, 6) is -0.307. The van der Waals surface area contributed by atoms with Crippen molar-refractivity contribution in [1.82, 2.24) is 4.90 Å². The molecule has 9 heteroatoms. The number of carbonyl (C=O) groups is 1. The van der Waals surface area contributed by atoms with Crippen LogP contribution in [0.15, 0.2) is 59.5 Å². The number of para-hydroxylation sites is 2. The highest BCUT2D eigenvalue weighted by molar-refractivity contribution is 7.93. The van der Waals surface area contributed by atoms with Crippen LogP contribution in [0.1, 0.15) is 25.7 Å². The van der Waals surface area contributed by atoms with Crippen LogP contribution in [-0.4, -0.2) is 43.8 Å². The summed E-state index contributed by atoms with van der Waals surface area (Å²) in [7, 11) is -4.33. The Morgan fingerprint density at radius 2 is 1.55 bits per heavy atom. The third kappa shape index (κ3) is 4.73. The molecule has 0 aliphatic carbocycles. The summed E-state index contributed by atoms with van der Waals surface area (Å²) in [4.78, 5) is 24.8. The van der Waals surface area contributed by atoms with Crippen molar-refractivity contribution in [3.05, 3.63) is 64.7 Å². The van der Waals surface area contributed by atoms with E-state index in [1.54, 1.807) is 35.2 Å². The number of amides is 1. The second-order valence-corrected chi connectivity index (χ2v) is 8.70. The van der Waals surface area contributed by atoms with Gasteiger partial charge < -0.3 is 4.90 Å². The molecule has 0 saturated carbocycles. The maximum absolute atomic E-state index is 13.4. The van der Waals surface area contributed by atoms with Crippen LogP contribution in [-0.2, 0) is 14.8 Å². The lowest BCUT2D eigenvalue weighted by Gasteiger charge is -2.27. The smallest absolute Gasteiger partial charge is 0.289 e. The summed E-state index contributed by atoms with van der Waals surface area (Å²) in [6, 6.07) is 13.4. The van der Waals surface area contributed by atoms with Crippen molar-refractivity contribution in [2.75, 3.05) is 23.9 Å². The molecule has 0 atom stereocenters. The van der Waals surface area contributed by atoms with E-state index in [0.717, 1.165) is 36.1 Å². The van der Waals surface area contributed by atoms with Crippen LogP contribution in [0.5, 0.6) is 0 Å². The van der Waals surface area contributed by atoms with Gasteiger partial charge in [-0.15, -0.1) is 0 Å². The minimum Gasteiger partial charge on any atom is -0.341 e. The van der Waals surface area contributed by atoms with E-state index in [2.05, 4.69) is 0 Å². The van der Waals surface area contributed by atoms with E-state index in [-0.39, 0.29) is 11.6 Å². The predicted octanol–water partition coefficient (Wildman–Crippen LogP) is 3.19. The third-order valence-corrected chi connectivity index (χ3v) is 6.73. The Morgan fingerprint density at radius 1 is 0.966 bits per heavy atom. The van der Waals surface area contributed by atoms with Crippen LogP contribution in [0.3, 0.4) is 0 Å². The lowest BCUT2D eigenvalue weighted by Crippen LogP contribution is -2.43. The van der Waals surface area contributed by atoms with Crippen molar-refractivity contribution in [1.29, 1.82) is 0 Å². The average molecular weight is 417 g/mol. The average Bonchev–Trinajstić information content (AvgIpc) is 3.02. The number of rotatable bonds is 6. The monoisotopic (exact) mass is 417 g/mol. The van der Waals surface area contributed by atoms with E-state index in [0.29, 0.717) is 13.1 Å². The van der Waals surface area contributed by atoms with Gasteiger partial charge in [0.25, 0.3) is 15.7 Å². The first-order valence-corrected chi connectivity index (χ1v) is 10.9. The van der Waals surface area contributed by atoms with Crippen molar-refractivity contribution >= 4 is 27.3 Å². The van der Waals surface area contributed by atoms with Gasteiger partial charge in [0.1, 0.15) is 6.54 Å². The van der Waals surface area contributed by atoms with Crippen molar-refractivity contribution in [3.63, 3.8) is 0 Å². The topological polar surface area (TPSA) is 101 Å². The van der Waals surface area contributed by atoms with Crippen LogP contribution < -0.4 is 4.31 Å². The molecular formula is C20H23N3O5S. The van der Waals surface area contributed by atoms with Gasteiger partial charge >= 0.3 is 0 Å². The van der Waals surface area contributed by atoms with Crippen LogP contribution in [0.25, 0.3) is 0 Å². The zero-order valence-electron chi connectivity index (χ0n) is 15.9. The normalized spacial score (nSPS) is 14.8. The molecule has 0 spiro atoms. The number of nitrogens with zero attached hydrogens (tertiary/aromatic N) is 3. The third-order valence-electron chi connectivity index (χ3n) is 4.91. The zero-order chi connectivity index (χ0) is 20.9. The molecule has 154 valence electrons. The van der Waals surface area contributed by atoms with E-state index >= 15 is 0 Å². The SMILES string of the molecule is O=C(CN(c1ccccc1)S(=O)(=O)c1ccccc1[N+](=O)[O-])N1CCCCCC1. The van der Waals surface area contributed by atoms with Crippen molar-refractivity contribution in [3.8, 4) is 0 Å². The van der Waals surface area contributed by atoms with Crippen LogP contribution in [0.2, 0.25) is 0 Å². The molecule has 0 N–H and O–H groups in total. The van der Waals surface area contributed by atoms with E-state index < -0.39 is 32.1 Å². The van der Waals surface area contributed by atoms with Crippen LogP contribution >= 0.6 is 0 Å². The Labute approximate surface area is 169 Å². The number of nitro groups is 1. The zero-order valence-corrected chi connectivity index (χ0v) is 16.8. The molecule has 1 aliphatic heterocycles. The Kier molecular flexibility index (Phi) is 6.48. The number of nitro benzene ring substituents is 1. The molecule has 1 aliphatic rings. The summed E-state index contributed by atoms with van der Waals surface area (Å²) < 4.78 is 27.8. The maximum atomic E-state index is 13.4. The fourth-order valence-corrected chi connectivity index (χ4v) is 4.97. The number of likely N-dealkylation sites (tertiary alicyclic amines) is 1. The molecule has 8 nitrogen and oxygen atoms in total. The van der Waals surface area contributed by atoms with Gasteiger partial charge in [0.05, 0.1) is 10.6 Å². The lowest BCUT2D eigenvalue weighted by molar-refractivity contribution is -0.387. The van der Waals surface area contributed by atoms with Crippen molar-refractivity contribution in [2.45, 2.75) is 30.6 Å². The van der Waals surface area contributed by atoms with Crippen LogP contribution in [0, 0.1) is 10.1 Å². The number of hydrogen-bond donors (Lipinski definition) is 0. The maximum Gasteiger partial charge on any atom is 0.289 e. The molecular weight excluding hydrogens is 394 g/mol. The summed E-state index contributed by atoms with van der Waals surface area (Å²) in [6.45, 7) is 0.776. The molecule has 29 heavy (non-hydrogen) atoms. The Bertz CT molecular complexity index is 971. The van der Waals surface area contributed by atoms with Gasteiger partial charge in [-0.2, -0.15) is 0 Å². The number of hydrogen-bond acceptors (Lipinski definition) is 5. The van der Waals surface area contributed by atoms with Gasteiger partial charge in [-0.3, -0.25) is 19.2 Å². The first kappa shape index (κ1) is 20.8. The number of benzene rings is 2. The summed E-state index contributed by atoms with van der Waals surface area (Å²) >= 11 is 0. The van der Waals surface area contributed by atoms with Gasteiger partial charge in [0.15, 0.2) is 4.90 Å². The molecule has 0 radical (unpaired) electrons. The highest BCUT2D eigenvalue weighted by atomic mass is 32.2. The van der Waals surface area contributed by atoms with E-state index in [1.165, 1.54) is 18.2 Å². The molecule has 1 saturated heterocycles. The highest BCUT2D eigenvalue weighted by Gasteiger charge is 2.34. The molecule has 1 fully saturated rings. The van der Waals surface area contributed by atoms with Crippen molar-refractivity contribution in [2.24, 2.45) is 0 Å². The second kappa shape index (κ2) is 9.04. The second-order valence-electron chi connectivity index (χ2n) is 6.87. The van der Waals surface area contributed by atoms with Gasteiger partial charge in [-0.05, 0) is 31.0 Å². The van der Waals surface area contributed by atoms with Gasteiger partial charge in [0, 0.05) is 19.2 Å². The largest absolute Gasteiger partial charge is 0.341 e. The Morgan fingerprint density at radius 3 is 2.17 bits per heavy atom. The first-order valence-electron chi connectivity index (χ1n) is 9.50. The number of carbonyl (C=O) groups excluding carboxylic acids is 1. The van der Waals surface area contributed by atoms with Crippen LogP contribution in [0.4, 0.5) is 11.4 Å². The minimum absolute atomic E-state index is 0.286. The molecule has 2 aromatic carbocycles. The molecule has 3 rings (SSSR count). The lowest BCUT2D eigenvalue weighted by atomic mass is 10.2. The summed E-state index contributed by atoms with van der Waals surface area (Å²) in [5, 5.41) is 11.4. The Balaban J connectivity index is 2.00.